The molecule has 2 heterocycles. The van der Waals surface area contributed by atoms with Crippen LogP contribution in [0, 0.1) is 33.5 Å². The molecule has 0 bridgehead atoms. The molecular formula is C11H5N3O3. The smallest absolute Gasteiger partial charge is 0.250 e. The van der Waals surface area contributed by atoms with Gasteiger partial charge in [-0.05, 0) is 12.1 Å². The van der Waals surface area contributed by atoms with Crippen molar-refractivity contribution >= 4 is 11.8 Å². The molecule has 2 fully saturated rings. The Balaban J connectivity index is 2.23. The van der Waals surface area contributed by atoms with Gasteiger partial charge in [0.15, 0.2) is 10.8 Å². The number of imide groups is 1. The zero-order chi connectivity index (χ0) is 12.3. The third kappa shape index (κ3) is 0.714. The lowest BCUT2D eigenvalue weighted by Crippen LogP contribution is -2.31. The van der Waals surface area contributed by atoms with E-state index in [1.165, 1.54) is 6.26 Å². The summed E-state index contributed by atoms with van der Waals surface area (Å²) in [5.74, 6) is -1.92. The number of amides is 2. The van der Waals surface area contributed by atoms with Crippen molar-refractivity contribution < 1.29 is 14.0 Å². The number of rotatable bonds is 1. The van der Waals surface area contributed by atoms with Gasteiger partial charge in [-0.2, -0.15) is 10.5 Å². The van der Waals surface area contributed by atoms with Gasteiger partial charge >= 0.3 is 0 Å². The number of hydrogen-bond donors (Lipinski definition) is 1. The minimum Gasteiger partial charge on any atom is -0.469 e. The second-order valence-corrected chi connectivity index (χ2v) is 4.07. The molecule has 3 rings (SSSR count). The SMILES string of the molecule is N#C[C@@]12C(=O)NC(=O)[C@]1(C#N)C2c1ccco1. The Morgan fingerprint density at radius 3 is 2.24 bits per heavy atom. The molecule has 0 aromatic carbocycles. The lowest BCUT2D eigenvalue weighted by molar-refractivity contribution is -0.128. The predicted octanol–water partition coefficient (Wildman–Crippen LogP) is 0.0532. The van der Waals surface area contributed by atoms with Gasteiger partial charge in [0.1, 0.15) is 5.76 Å². The van der Waals surface area contributed by atoms with Crippen LogP contribution in [0.3, 0.4) is 0 Å². The van der Waals surface area contributed by atoms with Crippen molar-refractivity contribution in [2.75, 3.05) is 0 Å². The minimum atomic E-state index is -1.63. The van der Waals surface area contributed by atoms with Crippen LogP contribution >= 0.6 is 0 Å². The Hall–Kier alpha value is -2.60. The van der Waals surface area contributed by atoms with Crippen molar-refractivity contribution in [2.24, 2.45) is 10.8 Å². The number of piperidine rings is 1. The van der Waals surface area contributed by atoms with Crippen LogP contribution in [0.25, 0.3) is 0 Å². The Labute approximate surface area is 95.4 Å². The molecule has 1 aromatic heterocycles. The van der Waals surface area contributed by atoms with Gasteiger partial charge in [0, 0.05) is 0 Å². The molecule has 1 unspecified atom stereocenters. The number of nitrogens with zero attached hydrogens (tertiary/aromatic N) is 2. The molecule has 6 heteroatoms. The standard InChI is InChI=1S/C11H5N3O3/c12-4-10-7(6-2-1-3-17-6)11(10,5-13)9(16)14-8(10)15/h1-3,7H,(H,14,15,16)/t7?,10-,11+. The summed E-state index contributed by atoms with van der Waals surface area (Å²) < 4.78 is 5.11. The highest BCUT2D eigenvalue weighted by Gasteiger charge is 2.91. The molecule has 1 aliphatic carbocycles. The lowest BCUT2D eigenvalue weighted by atomic mass is 9.98. The van der Waals surface area contributed by atoms with Crippen molar-refractivity contribution in [3.05, 3.63) is 24.2 Å². The van der Waals surface area contributed by atoms with E-state index in [1.54, 1.807) is 12.1 Å². The zero-order valence-electron chi connectivity index (χ0n) is 8.43. The van der Waals surface area contributed by atoms with Crippen LogP contribution in [0.5, 0.6) is 0 Å². The fourth-order valence-corrected chi connectivity index (χ4v) is 2.68. The van der Waals surface area contributed by atoms with E-state index in [9.17, 15) is 9.59 Å². The Kier molecular flexibility index (Phi) is 1.44. The number of furan rings is 1. The van der Waals surface area contributed by atoms with Gasteiger partial charge in [0.2, 0.25) is 11.8 Å². The maximum absolute atomic E-state index is 11.7. The second-order valence-electron chi connectivity index (χ2n) is 4.07. The maximum atomic E-state index is 11.7. The van der Waals surface area contributed by atoms with Crippen molar-refractivity contribution in [3.63, 3.8) is 0 Å². The summed E-state index contributed by atoms with van der Waals surface area (Å²) in [5.41, 5.74) is -3.26. The van der Waals surface area contributed by atoms with Crippen molar-refractivity contribution in [1.29, 1.82) is 10.5 Å². The second kappa shape index (κ2) is 2.55. The van der Waals surface area contributed by atoms with Crippen LogP contribution in [0.15, 0.2) is 22.8 Å². The van der Waals surface area contributed by atoms with Crippen molar-refractivity contribution in [2.45, 2.75) is 5.92 Å². The van der Waals surface area contributed by atoms with Gasteiger partial charge in [-0.25, -0.2) is 0 Å². The summed E-state index contributed by atoms with van der Waals surface area (Å²) in [5, 5.41) is 20.4. The van der Waals surface area contributed by atoms with Gasteiger partial charge in [-0.15, -0.1) is 0 Å². The molecule has 82 valence electrons. The Morgan fingerprint density at radius 1 is 1.24 bits per heavy atom. The summed E-state index contributed by atoms with van der Waals surface area (Å²) >= 11 is 0. The molecular weight excluding hydrogens is 222 g/mol. The zero-order valence-corrected chi connectivity index (χ0v) is 8.43. The average molecular weight is 227 g/mol. The minimum absolute atomic E-state index is 0.316. The van der Waals surface area contributed by atoms with E-state index in [1.807, 2.05) is 17.5 Å². The van der Waals surface area contributed by atoms with E-state index in [0.717, 1.165) is 0 Å². The number of nitrogens with one attached hydrogen (secondary N) is 1. The molecule has 1 aromatic rings. The van der Waals surface area contributed by atoms with Crippen LogP contribution in [-0.4, -0.2) is 11.8 Å². The fraction of sp³-hybridized carbons (Fsp3) is 0.273. The third-order valence-corrected chi connectivity index (χ3v) is 3.53. The van der Waals surface area contributed by atoms with Crippen LogP contribution < -0.4 is 5.32 Å². The quantitative estimate of drug-likeness (QED) is 0.682. The van der Waals surface area contributed by atoms with E-state index < -0.39 is 28.6 Å². The highest BCUT2D eigenvalue weighted by Crippen LogP contribution is 2.76. The van der Waals surface area contributed by atoms with Gasteiger partial charge in [0.25, 0.3) is 0 Å². The molecule has 1 saturated carbocycles. The molecule has 3 atom stereocenters. The normalized spacial score (nSPS) is 37.9. The molecule has 1 saturated heterocycles. The third-order valence-electron chi connectivity index (χ3n) is 3.53. The summed E-state index contributed by atoms with van der Waals surface area (Å²) in [6, 6.07) is 6.76. The number of hydrogen-bond acceptors (Lipinski definition) is 5. The first kappa shape index (κ1) is 9.61. The first-order valence-corrected chi connectivity index (χ1v) is 4.87. The number of carbonyl (C=O) groups excluding carboxylic acids is 2. The highest BCUT2D eigenvalue weighted by atomic mass is 16.3. The number of carbonyl (C=O) groups is 2. The lowest BCUT2D eigenvalue weighted by Gasteiger charge is -2.03. The molecule has 2 amide bonds. The van der Waals surface area contributed by atoms with Crippen LogP contribution in [-0.2, 0) is 9.59 Å². The molecule has 0 spiro atoms. The van der Waals surface area contributed by atoms with E-state index in [0.29, 0.717) is 5.76 Å². The van der Waals surface area contributed by atoms with Gasteiger partial charge in [-0.3, -0.25) is 14.9 Å². The topological polar surface area (TPSA) is 107 Å². The van der Waals surface area contributed by atoms with Gasteiger partial charge in [-0.1, -0.05) is 0 Å². The van der Waals surface area contributed by atoms with Crippen molar-refractivity contribution in [3.8, 4) is 12.1 Å². The number of nitriles is 2. The Bertz CT molecular complexity index is 583. The van der Waals surface area contributed by atoms with Gasteiger partial charge in [0.05, 0.1) is 24.3 Å². The first-order valence-electron chi connectivity index (χ1n) is 4.87. The van der Waals surface area contributed by atoms with E-state index in [-0.39, 0.29) is 0 Å². The van der Waals surface area contributed by atoms with E-state index in [4.69, 9.17) is 14.9 Å². The number of fused-ring (bicyclic) bond motifs is 1. The van der Waals surface area contributed by atoms with E-state index >= 15 is 0 Å². The van der Waals surface area contributed by atoms with Crippen LogP contribution in [0.4, 0.5) is 0 Å². The summed E-state index contributed by atoms with van der Waals surface area (Å²) in [7, 11) is 0. The van der Waals surface area contributed by atoms with E-state index in [2.05, 4.69) is 0 Å². The molecule has 0 radical (unpaired) electrons. The predicted molar refractivity (Wildman–Crippen MR) is 50.7 cm³/mol. The van der Waals surface area contributed by atoms with Crippen LogP contribution in [0.1, 0.15) is 11.7 Å². The fourth-order valence-electron chi connectivity index (χ4n) is 2.68. The summed E-state index contributed by atoms with van der Waals surface area (Å²) in [6.07, 6.45) is 1.38. The monoisotopic (exact) mass is 227 g/mol. The van der Waals surface area contributed by atoms with Gasteiger partial charge < -0.3 is 4.42 Å². The largest absolute Gasteiger partial charge is 0.469 e. The highest BCUT2D eigenvalue weighted by molar-refractivity contribution is 6.19. The first-order chi connectivity index (χ1) is 8.15. The summed E-state index contributed by atoms with van der Waals surface area (Å²) in [4.78, 5) is 23.4. The Morgan fingerprint density at radius 2 is 1.82 bits per heavy atom. The molecule has 2 aliphatic rings. The molecule has 6 nitrogen and oxygen atoms in total. The average Bonchev–Trinajstić information content (AvgIpc) is 2.63. The molecule has 1 N–H and O–H groups in total. The van der Waals surface area contributed by atoms with Crippen molar-refractivity contribution in [1.82, 2.24) is 5.32 Å². The summed E-state index contributed by atoms with van der Waals surface area (Å²) in [6.45, 7) is 0. The maximum Gasteiger partial charge on any atom is 0.250 e. The molecule has 17 heavy (non-hydrogen) atoms. The van der Waals surface area contributed by atoms with Crippen LogP contribution in [0.2, 0.25) is 0 Å². The molecule has 1 aliphatic heterocycles.